The van der Waals surface area contributed by atoms with Crippen LogP contribution in [0.2, 0.25) is 0 Å². The summed E-state index contributed by atoms with van der Waals surface area (Å²) in [6.45, 7) is 0. The fourth-order valence-electron chi connectivity index (χ4n) is 3.35. The van der Waals surface area contributed by atoms with Crippen molar-refractivity contribution >= 4 is 11.8 Å². The van der Waals surface area contributed by atoms with Gasteiger partial charge in [-0.25, -0.2) is 9.37 Å². The van der Waals surface area contributed by atoms with E-state index >= 15 is 0 Å². The molecule has 1 unspecified atom stereocenters. The highest BCUT2D eigenvalue weighted by Gasteiger charge is 2.22. The quantitative estimate of drug-likeness (QED) is 0.451. The number of nitrogens with one attached hydrogen (secondary N) is 1. The van der Waals surface area contributed by atoms with Gasteiger partial charge in [0.25, 0.3) is 5.91 Å². The van der Waals surface area contributed by atoms with Crippen molar-refractivity contribution in [1.29, 1.82) is 0 Å². The number of hydrogen-bond acceptors (Lipinski definition) is 4. The third-order valence-electron chi connectivity index (χ3n) is 5.07. The first-order chi connectivity index (χ1) is 15.9. The summed E-state index contributed by atoms with van der Waals surface area (Å²) in [5, 5.41) is 2.93. The van der Waals surface area contributed by atoms with Gasteiger partial charge < -0.3 is 20.4 Å². The molecule has 1 heterocycles. The van der Waals surface area contributed by atoms with Crippen LogP contribution in [0.15, 0.2) is 85.2 Å². The van der Waals surface area contributed by atoms with E-state index in [4.69, 9.17) is 10.5 Å². The van der Waals surface area contributed by atoms with Crippen molar-refractivity contribution in [2.24, 2.45) is 12.8 Å². The van der Waals surface area contributed by atoms with Crippen LogP contribution in [0.3, 0.4) is 0 Å². The van der Waals surface area contributed by atoms with E-state index in [1.165, 1.54) is 12.1 Å². The average Bonchev–Trinajstić information content (AvgIpc) is 3.23. The monoisotopic (exact) mass is 444 g/mol. The van der Waals surface area contributed by atoms with Gasteiger partial charge in [0.1, 0.15) is 29.2 Å². The summed E-state index contributed by atoms with van der Waals surface area (Å²) < 4.78 is 21.4. The van der Waals surface area contributed by atoms with Crippen molar-refractivity contribution in [3.8, 4) is 11.5 Å². The molecule has 4 rings (SSSR count). The number of aromatic nitrogens is 2. The molecule has 1 atom stereocenters. The molecule has 8 heteroatoms. The molecule has 3 N–H and O–H groups in total. The Morgan fingerprint density at radius 2 is 1.64 bits per heavy atom. The van der Waals surface area contributed by atoms with Crippen LogP contribution in [-0.4, -0.2) is 21.4 Å². The summed E-state index contributed by atoms with van der Waals surface area (Å²) in [5.74, 6) is 0.366. The minimum atomic E-state index is -0.632. The molecule has 1 aromatic heterocycles. The number of ether oxygens (including phenoxy) is 1. The van der Waals surface area contributed by atoms with Gasteiger partial charge in [-0.05, 0) is 66.2 Å². The molecule has 0 saturated carbocycles. The highest BCUT2D eigenvalue weighted by molar-refractivity contribution is 5.95. The van der Waals surface area contributed by atoms with Gasteiger partial charge >= 0.3 is 0 Å². The summed E-state index contributed by atoms with van der Waals surface area (Å²) in [4.78, 5) is 28.5. The SMILES string of the molecule is Cn1ccnc1C(NC(=O)c1ccc(Oc2ccc(C(N)=O)cc2)cc1)c1cccc(F)c1. The summed E-state index contributed by atoms with van der Waals surface area (Å²) >= 11 is 0. The highest BCUT2D eigenvalue weighted by Crippen LogP contribution is 2.24. The predicted octanol–water partition coefficient (Wildman–Crippen LogP) is 3.97. The Morgan fingerprint density at radius 3 is 2.18 bits per heavy atom. The Labute approximate surface area is 189 Å². The van der Waals surface area contributed by atoms with Gasteiger partial charge in [0, 0.05) is 30.6 Å². The molecule has 0 saturated heterocycles. The predicted molar refractivity (Wildman–Crippen MR) is 120 cm³/mol. The number of aryl methyl sites for hydroxylation is 1. The smallest absolute Gasteiger partial charge is 0.252 e. The first-order valence-corrected chi connectivity index (χ1v) is 10.1. The molecule has 0 aliphatic rings. The molecule has 33 heavy (non-hydrogen) atoms. The maximum absolute atomic E-state index is 13.8. The maximum Gasteiger partial charge on any atom is 0.252 e. The zero-order valence-electron chi connectivity index (χ0n) is 17.7. The lowest BCUT2D eigenvalue weighted by Gasteiger charge is -2.19. The van der Waals surface area contributed by atoms with E-state index in [2.05, 4.69) is 10.3 Å². The van der Waals surface area contributed by atoms with Gasteiger partial charge in [-0.3, -0.25) is 9.59 Å². The molecule has 0 aliphatic carbocycles. The Hall–Kier alpha value is -4.46. The van der Waals surface area contributed by atoms with Gasteiger partial charge in [-0.1, -0.05) is 12.1 Å². The maximum atomic E-state index is 13.8. The van der Waals surface area contributed by atoms with Crippen LogP contribution < -0.4 is 15.8 Å². The average molecular weight is 444 g/mol. The number of hydrogen-bond donors (Lipinski definition) is 2. The van der Waals surface area contributed by atoms with Crippen molar-refractivity contribution in [3.05, 3.63) is 114 Å². The first kappa shape index (κ1) is 21.8. The van der Waals surface area contributed by atoms with Crippen LogP contribution in [0.4, 0.5) is 4.39 Å². The summed E-state index contributed by atoms with van der Waals surface area (Å²) in [6, 6.07) is 18.4. The van der Waals surface area contributed by atoms with E-state index in [1.54, 1.807) is 77.6 Å². The lowest BCUT2D eigenvalue weighted by atomic mass is 10.0. The fourth-order valence-corrected chi connectivity index (χ4v) is 3.35. The standard InChI is InChI=1S/C25H21FN4O3/c1-30-14-13-28-24(30)22(18-3-2-4-19(26)15-18)29-25(32)17-7-11-21(12-8-17)33-20-9-5-16(6-10-20)23(27)31/h2-15,22H,1H3,(H2,27,31)(H,29,32). The zero-order chi connectivity index (χ0) is 23.4. The number of imidazole rings is 1. The Morgan fingerprint density at radius 1 is 1.00 bits per heavy atom. The number of nitrogens with two attached hydrogens (primary N) is 1. The second-order valence-corrected chi connectivity index (χ2v) is 7.37. The van der Waals surface area contributed by atoms with Crippen LogP contribution in [0.1, 0.15) is 38.1 Å². The molecular formula is C25H21FN4O3. The lowest BCUT2D eigenvalue weighted by Crippen LogP contribution is -2.31. The number of carbonyl (C=O) groups is 2. The number of amides is 2. The summed E-state index contributed by atoms with van der Waals surface area (Å²) in [6.07, 6.45) is 3.38. The molecule has 0 radical (unpaired) electrons. The summed E-state index contributed by atoms with van der Waals surface area (Å²) in [5.41, 5.74) is 6.61. The van der Waals surface area contributed by atoms with Gasteiger partial charge in [-0.2, -0.15) is 0 Å². The van der Waals surface area contributed by atoms with E-state index < -0.39 is 17.8 Å². The van der Waals surface area contributed by atoms with E-state index in [0.717, 1.165) is 0 Å². The minimum Gasteiger partial charge on any atom is -0.457 e. The highest BCUT2D eigenvalue weighted by atomic mass is 19.1. The number of carbonyl (C=O) groups excluding carboxylic acids is 2. The second kappa shape index (κ2) is 9.35. The number of halogens is 1. The molecule has 4 aromatic rings. The van der Waals surface area contributed by atoms with Crippen molar-refractivity contribution in [1.82, 2.24) is 14.9 Å². The normalized spacial score (nSPS) is 11.6. The van der Waals surface area contributed by atoms with Gasteiger partial charge in [0.2, 0.25) is 5.91 Å². The molecule has 0 aliphatic heterocycles. The number of rotatable bonds is 7. The number of primary amides is 1. The largest absolute Gasteiger partial charge is 0.457 e. The lowest BCUT2D eigenvalue weighted by molar-refractivity contribution is 0.0940. The van der Waals surface area contributed by atoms with E-state index in [0.29, 0.717) is 34.0 Å². The van der Waals surface area contributed by atoms with Crippen molar-refractivity contribution < 1.29 is 18.7 Å². The molecule has 166 valence electrons. The topological polar surface area (TPSA) is 99.2 Å². The molecule has 7 nitrogen and oxygen atoms in total. The first-order valence-electron chi connectivity index (χ1n) is 10.1. The molecule has 0 fully saturated rings. The molecule has 3 aromatic carbocycles. The molecule has 0 spiro atoms. The van der Waals surface area contributed by atoms with E-state index in [1.807, 2.05) is 7.05 Å². The van der Waals surface area contributed by atoms with Gasteiger partial charge in [0.05, 0.1) is 0 Å². The zero-order valence-corrected chi connectivity index (χ0v) is 17.7. The Balaban J connectivity index is 1.50. The van der Waals surface area contributed by atoms with Gasteiger partial charge in [0.15, 0.2) is 0 Å². The third kappa shape index (κ3) is 5.07. The molecular weight excluding hydrogens is 423 g/mol. The van der Waals surface area contributed by atoms with Crippen LogP contribution >= 0.6 is 0 Å². The summed E-state index contributed by atoms with van der Waals surface area (Å²) in [7, 11) is 1.81. The molecule has 0 bridgehead atoms. The fraction of sp³-hybridized carbons (Fsp3) is 0.0800. The number of nitrogens with zero attached hydrogens (tertiary/aromatic N) is 2. The number of benzene rings is 3. The molecule has 2 amide bonds. The van der Waals surface area contributed by atoms with Crippen LogP contribution in [0.5, 0.6) is 11.5 Å². The van der Waals surface area contributed by atoms with E-state index in [9.17, 15) is 14.0 Å². The van der Waals surface area contributed by atoms with Crippen LogP contribution in [0, 0.1) is 5.82 Å². The Bertz CT molecular complexity index is 1280. The van der Waals surface area contributed by atoms with E-state index in [-0.39, 0.29) is 5.91 Å². The Kier molecular flexibility index (Phi) is 6.17. The van der Waals surface area contributed by atoms with Crippen LogP contribution in [0.25, 0.3) is 0 Å². The van der Waals surface area contributed by atoms with Crippen molar-refractivity contribution in [3.63, 3.8) is 0 Å². The van der Waals surface area contributed by atoms with Crippen molar-refractivity contribution in [2.45, 2.75) is 6.04 Å². The third-order valence-corrected chi connectivity index (χ3v) is 5.07. The minimum absolute atomic E-state index is 0.343. The van der Waals surface area contributed by atoms with Gasteiger partial charge in [-0.15, -0.1) is 0 Å². The van der Waals surface area contributed by atoms with Crippen molar-refractivity contribution in [2.75, 3.05) is 0 Å². The second-order valence-electron chi connectivity index (χ2n) is 7.37. The van der Waals surface area contributed by atoms with Crippen LogP contribution in [-0.2, 0) is 7.05 Å².